The maximum absolute atomic E-state index is 13.9. The van der Waals surface area contributed by atoms with Gasteiger partial charge in [-0.25, -0.2) is 0 Å². The van der Waals surface area contributed by atoms with E-state index >= 15 is 0 Å². The van der Waals surface area contributed by atoms with Crippen molar-refractivity contribution >= 4 is 17.5 Å². The molecule has 4 heterocycles. The maximum Gasteiger partial charge on any atom is 0.259 e. The predicted octanol–water partition coefficient (Wildman–Crippen LogP) is 4.01. The van der Waals surface area contributed by atoms with E-state index in [1.54, 1.807) is 47.9 Å². The Labute approximate surface area is 207 Å². The lowest BCUT2D eigenvalue weighted by atomic mass is 9.79. The molecule has 0 aliphatic carbocycles. The fourth-order valence-corrected chi connectivity index (χ4v) is 4.83. The van der Waals surface area contributed by atoms with Crippen LogP contribution in [0.1, 0.15) is 39.0 Å². The van der Waals surface area contributed by atoms with Gasteiger partial charge in [0.1, 0.15) is 0 Å². The molecule has 0 fully saturated rings. The molecule has 0 spiro atoms. The molecule has 178 valence electrons. The Balaban J connectivity index is 1.47. The fourth-order valence-electron chi connectivity index (χ4n) is 4.83. The summed E-state index contributed by atoms with van der Waals surface area (Å²) in [5.74, 6) is 0.120. The van der Waals surface area contributed by atoms with Crippen LogP contribution in [-0.4, -0.2) is 28.6 Å². The van der Waals surface area contributed by atoms with E-state index in [9.17, 15) is 9.59 Å². The van der Waals surface area contributed by atoms with Gasteiger partial charge in [0.2, 0.25) is 12.7 Å². The number of hydrogen-bond acceptors (Lipinski definition) is 6. The molecular formula is C28H22N4O4. The van der Waals surface area contributed by atoms with Gasteiger partial charge in [-0.15, -0.1) is 0 Å². The Bertz CT molecular complexity index is 1430. The summed E-state index contributed by atoms with van der Waals surface area (Å²) in [7, 11) is 0. The van der Waals surface area contributed by atoms with Gasteiger partial charge >= 0.3 is 0 Å². The zero-order valence-corrected chi connectivity index (χ0v) is 19.2. The first kappa shape index (κ1) is 21.8. The fraction of sp³-hybridized carbons (Fsp3) is 0.143. The van der Waals surface area contributed by atoms with Crippen molar-refractivity contribution in [2.75, 3.05) is 11.7 Å². The van der Waals surface area contributed by atoms with Crippen LogP contribution in [0.2, 0.25) is 0 Å². The number of fused-ring (bicyclic) bond motifs is 2. The number of aromatic nitrogens is 2. The lowest BCUT2D eigenvalue weighted by Crippen LogP contribution is -2.47. The molecule has 0 saturated heterocycles. The van der Waals surface area contributed by atoms with Gasteiger partial charge in [-0.2, -0.15) is 0 Å². The molecule has 2 aromatic heterocycles. The first-order chi connectivity index (χ1) is 17.7. The minimum absolute atomic E-state index is 0.127. The van der Waals surface area contributed by atoms with Gasteiger partial charge in [0.15, 0.2) is 11.5 Å². The van der Waals surface area contributed by atoms with E-state index in [2.05, 4.69) is 15.3 Å². The van der Waals surface area contributed by atoms with E-state index in [-0.39, 0.29) is 18.6 Å². The number of amides is 2. The Morgan fingerprint density at radius 3 is 2.61 bits per heavy atom. The molecule has 6 rings (SSSR count). The number of rotatable bonds is 5. The van der Waals surface area contributed by atoms with Crippen LogP contribution in [0.25, 0.3) is 0 Å². The quantitative estimate of drug-likeness (QED) is 0.466. The standard InChI is InChI=1S/C28H22N4O4/c33-27(31-15-18-9-12-29-13-10-18)25-21-5-1-2-6-22(21)28(34)32(26(25)19-4-3-11-30-16-19)20-7-8-23-24(14-20)36-17-35-23/h1-14,16,25-26H,15,17H2,(H,31,33). The molecule has 2 aliphatic heterocycles. The number of carbonyl (C=O) groups is 2. The number of nitrogens with one attached hydrogen (secondary N) is 1. The van der Waals surface area contributed by atoms with Gasteiger partial charge < -0.3 is 14.8 Å². The third-order valence-electron chi connectivity index (χ3n) is 6.50. The number of hydrogen-bond donors (Lipinski definition) is 1. The van der Waals surface area contributed by atoms with Gasteiger partial charge in [-0.05, 0) is 53.1 Å². The monoisotopic (exact) mass is 478 g/mol. The van der Waals surface area contributed by atoms with Gasteiger partial charge in [0, 0.05) is 48.6 Å². The number of nitrogens with zero attached hydrogens (tertiary/aromatic N) is 3. The Morgan fingerprint density at radius 2 is 1.78 bits per heavy atom. The number of anilines is 1. The first-order valence-corrected chi connectivity index (χ1v) is 11.6. The molecule has 2 aromatic carbocycles. The highest BCUT2D eigenvalue weighted by molar-refractivity contribution is 6.11. The van der Waals surface area contributed by atoms with Gasteiger partial charge in [-0.3, -0.25) is 24.5 Å². The highest BCUT2D eigenvalue weighted by Gasteiger charge is 2.45. The molecule has 8 heteroatoms. The molecule has 2 aliphatic rings. The molecule has 4 aromatic rings. The number of benzene rings is 2. The molecule has 0 radical (unpaired) electrons. The Morgan fingerprint density at radius 1 is 0.944 bits per heavy atom. The van der Waals surface area contributed by atoms with Crippen molar-refractivity contribution in [2.45, 2.75) is 18.5 Å². The second-order valence-electron chi connectivity index (χ2n) is 8.58. The van der Waals surface area contributed by atoms with Gasteiger partial charge in [-0.1, -0.05) is 24.3 Å². The van der Waals surface area contributed by atoms with Crippen LogP contribution in [0.3, 0.4) is 0 Å². The first-order valence-electron chi connectivity index (χ1n) is 11.6. The largest absolute Gasteiger partial charge is 0.454 e. The van der Waals surface area contributed by atoms with Gasteiger partial charge in [0.25, 0.3) is 5.91 Å². The predicted molar refractivity (Wildman–Crippen MR) is 132 cm³/mol. The molecule has 2 unspecified atom stereocenters. The summed E-state index contributed by atoms with van der Waals surface area (Å²) in [5, 5.41) is 3.07. The summed E-state index contributed by atoms with van der Waals surface area (Å²) in [6, 6.07) is 19.4. The van der Waals surface area contributed by atoms with Crippen LogP contribution >= 0.6 is 0 Å². The lowest BCUT2D eigenvalue weighted by molar-refractivity contribution is -0.123. The lowest BCUT2D eigenvalue weighted by Gasteiger charge is -2.41. The third-order valence-corrected chi connectivity index (χ3v) is 6.50. The second kappa shape index (κ2) is 9.14. The van der Waals surface area contributed by atoms with Crippen molar-refractivity contribution in [2.24, 2.45) is 0 Å². The summed E-state index contributed by atoms with van der Waals surface area (Å²) >= 11 is 0. The molecule has 0 bridgehead atoms. The second-order valence-corrected chi connectivity index (χ2v) is 8.58. The van der Waals surface area contributed by atoms with E-state index in [1.807, 2.05) is 48.5 Å². The van der Waals surface area contributed by atoms with Crippen LogP contribution in [-0.2, 0) is 11.3 Å². The van der Waals surface area contributed by atoms with Crippen LogP contribution in [0.15, 0.2) is 91.5 Å². The van der Waals surface area contributed by atoms with E-state index < -0.39 is 12.0 Å². The number of carbonyl (C=O) groups excluding carboxylic acids is 2. The van der Waals surface area contributed by atoms with Crippen molar-refractivity contribution in [3.8, 4) is 11.5 Å². The van der Waals surface area contributed by atoms with Crippen molar-refractivity contribution in [1.29, 1.82) is 0 Å². The van der Waals surface area contributed by atoms with Crippen molar-refractivity contribution in [3.63, 3.8) is 0 Å². The number of ether oxygens (including phenoxy) is 2. The molecule has 1 N–H and O–H groups in total. The van der Waals surface area contributed by atoms with Crippen molar-refractivity contribution in [1.82, 2.24) is 15.3 Å². The van der Waals surface area contributed by atoms with E-state index in [0.29, 0.717) is 34.9 Å². The highest BCUT2D eigenvalue weighted by Crippen LogP contribution is 2.46. The minimum Gasteiger partial charge on any atom is -0.454 e. The van der Waals surface area contributed by atoms with E-state index in [4.69, 9.17) is 9.47 Å². The topological polar surface area (TPSA) is 93.7 Å². The normalized spacial score (nSPS) is 18.0. The van der Waals surface area contributed by atoms with Crippen LogP contribution in [0.4, 0.5) is 5.69 Å². The molecule has 2 amide bonds. The molecule has 2 atom stereocenters. The minimum atomic E-state index is -0.671. The zero-order chi connectivity index (χ0) is 24.5. The molecule has 0 saturated carbocycles. The summed E-state index contributed by atoms with van der Waals surface area (Å²) in [4.78, 5) is 37.8. The van der Waals surface area contributed by atoms with Crippen LogP contribution in [0.5, 0.6) is 11.5 Å². The Kier molecular flexibility index (Phi) is 5.53. The summed E-state index contributed by atoms with van der Waals surface area (Å²) in [6.45, 7) is 0.472. The average Bonchev–Trinajstić information content (AvgIpc) is 3.41. The highest BCUT2D eigenvalue weighted by atomic mass is 16.7. The average molecular weight is 479 g/mol. The molecule has 36 heavy (non-hydrogen) atoms. The SMILES string of the molecule is O=C(NCc1ccncc1)C1c2ccccc2C(=O)N(c2ccc3c(c2)OCO3)C1c1cccnc1. The summed E-state index contributed by atoms with van der Waals surface area (Å²) in [6.07, 6.45) is 6.76. The van der Waals surface area contributed by atoms with Gasteiger partial charge in [0.05, 0.1) is 12.0 Å². The summed E-state index contributed by atoms with van der Waals surface area (Å²) < 4.78 is 11.0. The molecule has 8 nitrogen and oxygen atoms in total. The number of pyridine rings is 2. The van der Waals surface area contributed by atoms with E-state index in [0.717, 1.165) is 11.1 Å². The van der Waals surface area contributed by atoms with E-state index in [1.165, 1.54) is 0 Å². The van der Waals surface area contributed by atoms with Crippen molar-refractivity contribution < 1.29 is 19.1 Å². The van der Waals surface area contributed by atoms with Crippen LogP contribution < -0.4 is 19.7 Å². The molecular weight excluding hydrogens is 456 g/mol. The van der Waals surface area contributed by atoms with Crippen LogP contribution in [0, 0.1) is 0 Å². The smallest absolute Gasteiger partial charge is 0.259 e. The maximum atomic E-state index is 13.9. The zero-order valence-electron chi connectivity index (χ0n) is 19.2. The Hall–Kier alpha value is -4.72. The summed E-state index contributed by atoms with van der Waals surface area (Å²) in [5.41, 5.74) is 3.46. The van der Waals surface area contributed by atoms with Crippen molar-refractivity contribution in [3.05, 3.63) is 114 Å². The third kappa shape index (κ3) is 3.82.